The van der Waals surface area contributed by atoms with Crippen LogP contribution in [0.2, 0.25) is 0 Å². The number of nitrogens with one attached hydrogen (secondary N) is 3. The van der Waals surface area contributed by atoms with Gasteiger partial charge in [-0.25, -0.2) is 0 Å². The maximum atomic E-state index is 12.5. The molecule has 2 atom stereocenters. The molecule has 0 aromatic heterocycles. The van der Waals surface area contributed by atoms with E-state index in [2.05, 4.69) is 16.0 Å². The van der Waals surface area contributed by atoms with Crippen molar-refractivity contribution in [2.24, 2.45) is 0 Å². The van der Waals surface area contributed by atoms with Gasteiger partial charge in [0.15, 0.2) is 11.5 Å². The highest BCUT2D eigenvalue weighted by molar-refractivity contribution is 7.99. The molecule has 0 saturated carbocycles. The van der Waals surface area contributed by atoms with Crippen molar-refractivity contribution in [2.75, 3.05) is 26.6 Å². The molecule has 166 valence electrons. The smallest absolute Gasteiger partial charge is 0.225 e. The van der Waals surface area contributed by atoms with E-state index >= 15 is 0 Å². The number of hydrogen-bond acceptors (Lipinski definition) is 7. The molecule has 1 fully saturated rings. The Bertz CT molecular complexity index is 924. The molecule has 1 aliphatic rings. The Hall–Kier alpha value is -2.91. The number of thioether (sulfide) groups is 1. The average molecular weight is 446 g/mol. The lowest BCUT2D eigenvalue weighted by Crippen LogP contribution is -2.55. The molecule has 3 rings (SSSR count). The summed E-state index contributed by atoms with van der Waals surface area (Å²) in [6.45, 7) is 0. The quantitative estimate of drug-likeness (QED) is 0.546. The monoisotopic (exact) mass is 445 g/mol. The molecule has 2 aromatic rings. The number of carbonyl (C=O) groups excluding carboxylic acids is 2. The molecule has 2 unspecified atom stereocenters. The van der Waals surface area contributed by atoms with E-state index in [0.717, 1.165) is 11.3 Å². The van der Waals surface area contributed by atoms with Gasteiger partial charge < -0.3 is 24.8 Å². The van der Waals surface area contributed by atoms with Crippen LogP contribution >= 0.6 is 11.8 Å². The third kappa shape index (κ3) is 6.53. The van der Waals surface area contributed by atoms with Crippen LogP contribution in [0.25, 0.3) is 0 Å². The highest BCUT2D eigenvalue weighted by Crippen LogP contribution is 2.30. The molecule has 3 N–H and O–H groups in total. The number of methoxy groups -OCH3 is 3. The molecule has 1 heterocycles. The molecule has 0 radical (unpaired) electrons. The van der Waals surface area contributed by atoms with E-state index in [1.165, 1.54) is 7.11 Å². The van der Waals surface area contributed by atoms with Gasteiger partial charge in [-0.3, -0.25) is 14.9 Å². The van der Waals surface area contributed by atoms with E-state index in [4.69, 9.17) is 14.2 Å². The van der Waals surface area contributed by atoms with Crippen LogP contribution in [0.4, 0.5) is 5.69 Å². The summed E-state index contributed by atoms with van der Waals surface area (Å²) >= 11 is 1.56. The summed E-state index contributed by atoms with van der Waals surface area (Å²) in [6.07, 6.45) is 0.424. The summed E-state index contributed by atoms with van der Waals surface area (Å²) < 4.78 is 15.7. The Kier molecular flexibility index (Phi) is 8.02. The summed E-state index contributed by atoms with van der Waals surface area (Å²) in [5.74, 6) is 2.34. The predicted octanol–water partition coefficient (Wildman–Crippen LogP) is 2.74. The number of hydrogen-bond donors (Lipinski definition) is 3. The third-order valence-electron chi connectivity index (χ3n) is 4.76. The molecule has 9 heteroatoms. The number of amides is 2. The van der Waals surface area contributed by atoms with Crippen LogP contribution in [0.15, 0.2) is 42.5 Å². The molecular weight excluding hydrogens is 418 g/mol. The zero-order valence-corrected chi connectivity index (χ0v) is 18.6. The van der Waals surface area contributed by atoms with Crippen molar-refractivity contribution in [3.8, 4) is 17.2 Å². The topological polar surface area (TPSA) is 97.9 Å². The van der Waals surface area contributed by atoms with Crippen molar-refractivity contribution in [1.82, 2.24) is 10.6 Å². The normalized spacial score (nSPS) is 18.1. The van der Waals surface area contributed by atoms with Crippen molar-refractivity contribution >= 4 is 29.3 Å². The van der Waals surface area contributed by atoms with Gasteiger partial charge in [0.05, 0.1) is 21.3 Å². The van der Waals surface area contributed by atoms with Crippen molar-refractivity contribution in [1.29, 1.82) is 0 Å². The third-order valence-corrected chi connectivity index (χ3v) is 5.85. The number of anilines is 1. The lowest BCUT2D eigenvalue weighted by atomic mass is 10.1. The molecule has 2 amide bonds. The predicted molar refractivity (Wildman–Crippen MR) is 121 cm³/mol. The summed E-state index contributed by atoms with van der Waals surface area (Å²) in [5.41, 5.74) is 1.42. The number of benzene rings is 2. The second kappa shape index (κ2) is 10.9. The number of ether oxygens (including phenoxy) is 3. The lowest BCUT2D eigenvalue weighted by molar-refractivity contribution is -0.124. The van der Waals surface area contributed by atoms with E-state index < -0.39 is 0 Å². The molecule has 0 aliphatic carbocycles. The second-order valence-corrected chi connectivity index (χ2v) is 8.09. The van der Waals surface area contributed by atoms with Crippen LogP contribution in [0.5, 0.6) is 17.2 Å². The van der Waals surface area contributed by atoms with Gasteiger partial charge >= 0.3 is 0 Å². The first-order valence-electron chi connectivity index (χ1n) is 9.82. The van der Waals surface area contributed by atoms with E-state index in [9.17, 15) is 9.59 Å². The summed E-state index contributed by atoms with van der Waals surface area (Å²) in [5, 5.41) is 9.10. The molecule has 0 spiro atoms. The van der Waals surface area contributed by atoms with Gasteiger partial charge in [-0.15, -0.1) is 11.8 Å². The second-order valence-electron chi connectivity index (χ2n) is 7.00. The molecule has 0 bridgehead atoms. The summed E-state index contributed by atoms with van der Waals surface area (Å²) in [7, 11) is 4.73. The Morgan fingerprint density at radius 2 is 1.90 bits per heavy atom. The van der Waals surface area contributed by atoms with Crippen LogP contribution in [-0.2, 0) is 15.3 Å². The fourth-order valence-corrected chi connectivity index (χ4v) is 4.30. The first-order valence-corrected chi connectivity index (χ1v) is 10.9. The van der Waals surface area contributed by atoms with Crippen LogP contribution in [-0.4, -0.2) is 44.7 Å². The SMILES string of the molecule is COc1cccc(CSC2NC(=O)CC(CC(=O)Nc3ccc(OC)c(OC)c3)N2)c1. The Labute approximate surface area is 186 Å². The highest BCUT2D eigenvalue weighted by Gasteiger charge is 2.27. The maximum Gasteiger partial charge on any atom is 0.225 e. The average Bonchev–Trinajstić information content (AvgIpc) is 2.77. The fourth-order valence-electron chi connectivity index (χ4n) is 3.26. The summed E-state index contributed by atoms with van der Waals surface area (Å²) in [4.78, 5) is 24.7. The van der Waals surface area contributed by atoms with E-state index in [-0.39, 0.29) is 36.2 Å². The van der Waals surface area contributed by atoms with Crippen molar-refractivity contribution in [3.63, 3.8) is 0 Å². The molecule has 8 nitrogen and oxygen atoms in total. The van der Waals surface area contributed by atoms with Gasteiger partial charge in [-0.1, -0.05) is 12.1 Å². The van der Waals surface area contributed by atoms with E-state index in [1.54, 1.807) is 44.2 Å². The Balaban J connectivity index is 1.53. The van der Waals surface area contributed by atoms with Gasteiger partial charge in [0.1, 0.15) is 11.2 Å². The van der Waals surface area contributed by atoms with Gasteiger partial charge in [0.25, 0.3) is 0 Å². The zero-order valence-electron chi connectivity index (χ0n) is 17.8. The Morgan fingerprint density at radius 1 is 1.10 bits per heavy atom. The van der Waals surface area contributed by atoms with E-state index in [0.29, 0.717) is 22.9 Å². The minimum Gasteiger partial charge on any atom is -0.497 e. The largest absolute Gasteiger partial charge is 0.497 e. The molecule has 31 heavy (non-hydrogen) atoms. The van der Waals surface area contributed by atoms with Gasteiger partial charge in [-0.05, 0) is 29.8 Å². The molecule has 1 saturated heterocycles. The van der Waals surface area contributed by atoms with Crippen molar-refractivity contribution < 1.29 is 23.8 Å². The van der Waals surface area contributed by atoms with Crippen LogP contribution in [0.1, 0.15) is 18.4 Å². The zero-order chi connectivity index (χ0) is 22.2. The van der Waals surface area contributed by atoms with Crippen LogP contribution in [0.3, 0.4) is 0 Å². The van der Waals surface area contributed by atoms with Crippen LogP contribution < -0.4 is 30.2 Å². The number of rotatable bonds is 9. The number of carbonyl (C=O) groups is 2. The first-order chi connectivity index (χ1) is 15.0. The molecule has 1 aliphatic heterocycles. The van der Waals surface area contributed by atoms with Crippen molar-refractivity contribution in [3.05, 3.63) is 48.0 Å². The molecule has 2 aromatic carbocycles. The van der Waals surface area contributed by atoms with Gasteiger partial charge in [-0.2, -0.15) is 0 Å². The first kappa shape index (κ1) is 22.8. The van der Waals surface area contributed by atoms with Gasteiger partial charge in [0.2, 0.25) is 11.8 Å². The summed E-state index contributed by atoms with van der Waals surface area (Å²) in [6, 6.07) is 12.7. The minimum atomic E-state index is -0.272. The maximum absolute atomic E-state index is 12.5. The Morgan fingerprint density at radius 3 is 2.65 bits per heavy atom. The lowest BCUT2D eigenvalue weighted by Gasteiger charge is -2.31. The highest BCUT2D eigenvalue weighted by atomic mass is 32.2. The standard InChI is InChI=1S/C22H27N3O5S/c1-28-17-6-4-5-14(9-17)13-31-22-24-16(12-21(27)25-22)11-20(26)23-15-7-8-18(29-2)19(10-15)30-3/h4-10,16,22,24H,11-13H2,1-3H3,(H,23,26)(H,25,27). The fraction of sp³-hybridized carbons (Fsp3) is 0.364. The van der Waals surface area contributed by atoms with Crippen LogP contribution in [0, 0.1) is 0 Å². The molecular formula is C22H27N3O5S. The van der Waals surface area contributed by atoms with Gasteiger partial charge in [0, 0.05) is 36.4 Å². The minimum absolute atomic E-state index is 0.0780. The van der Waals surface area contributed by atoms with E-state index in [1.807, 2.05) is 24.3 Å². The van der Waals surface area contributed by atoms with Crippen molar-refractivity contribution in [2.45, 2.75) is 30.1 Å².